The van der Waals surface area contributed by atoms with Crippen molar-refractivity contribution >= 4 is 27.5 Å². The third kappa shape index (κ3) is 8.35. The molecule has 45 heavy (non-hydrogen) atoms. The highest BCUT2D eigenvalue weighted by molar-refractivity contribution is 7.92. The molecule has 0 radical (unpaired) electrons. The Morgan fingerprint density at radius 1 is 0.889 bits per heavy atom. The minimum atomic E-state index is -4.50. The largest absolute Gasteiger partial charge is 0.497 e. The maximum Gasteiger partial charge on any atom is 0.265 e. The number of ether oxygens (including phenoxy) is 4. The van der Waals surface area contributed by atoms with E-state index in [0.29, 0.717) is 18.0 Å². The van der Waals surface area contributed by atoms with E-state index in [9.17, 15) is 22.4 Å². The lowest BCUT2D eigenvalue weighted by Crippen LogP contribution is -2.51. The van der Waals surface area contributed by atoms with Crippen LogP contribution in [0.1, 0.15) is 32.3 Å². The fourth-order valence-corrected chi connectivity index (χ4v) is 5.97. The fraction of sp³-hybridized carbons (Fsp3) is 0.375. The van der Waals surface area contributed by atoms with Gasteiger partial charge in [-0.3, -0.25) is 13.9 Å². The average Bonchev–Trinajstić information content (AvgIpc) is 3.05. The van der Waals surface area contributed by atoms with Gasteiger partial charge in [0.1, 0.15) is 29.9 Å². The van der Waals surface area contributed by atoms with Gasteiger partial charge in [-0.15, -0.1) is 0 Å². The van der Waals surface area contributed by atoms with Gasteiger partial charge in [-0.05, 0) is 43.7 Å². The molecule has 0 bridgehead atoms. The van der Waals surface area contributed by atoms with E-state index in [0.717, 1.165) is 22.0 Å². The first kappa shape index (κ1) is 35.0. The minimum absolute atomic E-state index is 0.00544. The molecule has 3 aromatic carbocycles. The Hall–Kier alpha value is -4.52. The zero-order chi connectivity index (χ0) is 33.1. The lowest BCUT2D eigenvalue weighted by molar-refractivity contribution is -0.139. The number of hydrogen-bond acceptors (Lipinski definition) is 8. The van der Waals surface area contributed by atoms with E-state index in [1.165, 1.54) is 83.9 Å². The average molecular weight is 646 g/mol. The predicted octanol–water partition coefficient (Wildman–Crippen LogP) is 4.39. The summed E-state index contributed by atoms with van der Waals surface area (Å²) in [6, 6.07) is 13.4. The standard InChI is InChI=1S/C32H40FN3O8S/c1-7-8-17-34-32(38)22(2)35(20-23-11-9-10-12-26(23)33)31(37)21-36(27-18-24(41-3)13-15-28(27)42-4)45(39,40)25-14-16-29(43-5)30(19-25)44-6/h9-16,18-19,22H,7-8,17,20-21H2,1-6H3,(H,34,38)/t22-/m1/s1. The Morgan fingerprint density at radius 2 is 1.56 bits per heavy atom. The number of nitrogens with zero attached hydrogens (tertiary/aromatic N) is 2. The van der Waals surface area contributed by atoms with Crippen LogP contribution in [0.3, 0.4) is 0 Å². The second-order valence-electron chi connectivity index (χ2n) is 10.00. The van der Waals surface area contributed by atoms with Gasteiger partial charge >= 0.3 is 0 Å². The number of amides is 2. The van der Waals surface area contributed by atoms with Gasteiger partial charge in [-0.25, -0.2) is 12.8 Å². The van der Waals surface area contributed by atoms with Crippen molar-refractivity contribution in [2.45, 2.75) is 44.2 Å². The van der Waals surface area contributed by atoms with Crippen LogP contribution in [0, 0.1) is 5.82 Å². The number of halogens is 1. The summed E-state index contributed by atoms with van der Waals surface area (Å²) >= 11 is 0. The molecule has 3 aromatic rings. The highest BCUT2D eigenvalue weighted by atomic mass is 32.2. The predicted molar refractivity (Wildman–Crippen MR) is 168 cm³/mol. The van der Waals surface area contributed by atoms with E-state index >= 15 is 0 Å². The number of methoxy groups -OCH3 is 4. The van der Waals surface area contributed by atoms with Crippen LogP contribution in [0.5, 0.6) is 23.0 Å². The van der Waals surface area contributed by atoms with Crippen molar-refractivity contribution < 1.29 is 41.3 Å². The molecule has 0 heterocycles. The molecule has 1 N–H and O–H groups in total. The third-order valence-electron chi connectivity index (χ3n) is 7.17. The molecule has 0 saturated carbocycles. The molecule has 13 heteroatoms. The van der Waals surface area contributed by atoms with Crippen molar-refractivity contribution in [2.24, 2.45) is 0 Å². The number of hydrogen-bond donors (Lipinski definition) is 1. The molecule has 0 spiro atoms. The van der Waals surface area contributed by atoms with Gasteiger partial charge in [0, 0.05) is 30.8 Å². The van der Waals surface area contributed by atoms with Crippen LogP contribution in [0.15, 0.2) is 65.6 Å². The van der Waals surface area contributed by atoms with Crippen LogP contribution in [-0.2, 0) is 26.2 Å². The molecule has 1 atom stereocenters. The monoisotopic (exact) mass is 645 g/mol. The first-order valence-corrected chi connectivity index (χ1v) is 15.7. The third-order valence-corrected chi connectivity index (χ3v) is 8.93. The van der Waals surface area contributed by atoms with Crippen LogP contribution < -0.4 is 28.6 Å². The summed E-state index contributed by atoms with van der Waals surface area (Å²) in [5, 5.41) is 2.80. The first-order valence-electron chi connectivity index (χ1n) is 14.3. The van der Waals surface area contributed by atoms with Crippen molar-refractivity contribution in [3.05, 3.63) is 72.0 Å². The van der Waals surface area contributed by atoms with E-state index < -0.39 is 40.2 Å². The molecule has 11 nitrogen and oxygen atoms in total. The van der Waals surface area contributed by atoms with E-state index in [-0.39, 0.29) is 34.2 Å². The topological polar surface area (TPSA) is 124 Å². The molecule has 2 amide bonds. The van der Waals surface area contributed by atoms with Gasteiger partial charge in [0.05, 0.1) is 39.0 Å². The summed E-state index contributed by atoms with van der Waals surface area (Å²) in [6.45, 7) is 2.83. The number of nitrogens with one attached hydrogen (secondary N) is 1. The van der Waals surface area contributed by atoms with Crippen LogP contribution >= 0.6 is 0 Å². The number of carbonyl (C=O) groups is 2. The normalized spacial score (nSPS) is 11.7. The molecule has 0 unspecified atom stereocenters. The maximum absolute atomic E-state index is 14.8. The smallest absolute Gasteiger partial charge is 0.265 e. The second-order valence-corrected chi connectivity index (χ2v) is 11.9. The quantitative estimate of drug-likeness (QED) is 0.228. The Bertz CT molecular complexity index is 1580. The lowest BCUT2D eigenvalue weighted by Gasteiger charge is -2.32. The molecule has 3 rings (SSSR count). The summed E-state index contributed by atoms with van der Waals surface area (Å²) in [6.07, 6.45) is 1.57. The Labute approximate surface area is 263 Å². The number of unbranched alkanes of at least 4 members (excludes halogenated alkanes) is 1. The molecule has 0 aliphatic carbocycles. The Morgan fingerprint density at radius 3 is 2.18 bits per heavy atom. The van der Waals surface area contributed by atoms with E-state index in [2.05, 4.69) is 5.32 Å². The van der Waals surface area contributed by atoms with Crippen molar-refractivity contribution in [2.75, 3.05) is 45.8 Å². The summed E-state index contributed by atoms with van der Waals surface area (Å²) in [5.74, 6) is -0.890. The molecule has 244 valence electrons. The second kappa shape index (κ2) is 16.0. The molecular weight excluding hydrogens is 605 g/mol. The van der Waals surface area contributed by atoms with E-state index in [1.807, 2.05) is 6.92 Å². The molecule has 0 aliphatic rings. The SMILES string of the molecule is CCCCNC(=O)[C@@H](C)N(Cc1ccccc1F)C(=O)CN(c1cc(OC)ccc1OC)S(=O)(=O)c1ccc(OC)c(OC)c1. The van der Waals surface area contributed by atoms with E-state index in [1.54, 1.807) is 12.1 Å². The number of rotatable bonds is 16. The summed E-state index contributed by atoms with van der Waals surface area (Å²) in [7, 11) is 1.06. The number of anilines is 1. The van der Waals surface area contributed by atoms with Crippen LogP contribution in [-0.4, -0.2) is 72.7 Å². The zero-order valence-corrected chi connectivity index (χ0v) is 27.1. The Kier molecular flexibility index (Phi) is 12.4. The van der Waals surface area contributed by atoms with Crippen molar-refractivity contribution in [3.8, 4) is 23.0 Å². The minimum Gasteiger partial charge on any atom is -0.497 e. The summed E-state index contributed by atoms with van der Waals surface area (Å²) in [4.78, 5) is 28.3. The molecule has 0 aliphatic heterocycles. The van der Waals surface area contributed by atoms with Crippen molar-refractivity contribution in [1.29, 1.82) is 0 Å². The van der Waals surface area contributed by atoms with E-state index in [4.69, 9.17) is 18.9 Å². The van der Waals surface area contributed by atoms with Gasteiger partial charge in [-0.1, -0.05) is 31.5 Å². The summed E-state index contributed by atoms with van der Waals surface area (Å²) < 4.78 is 65.8. The van der Waals surface area contributed by atoms with Crippen LogP contribution in [0.4, 0.5) is 10.1 Å². The van der Waals surface area contributed by atoms with Crippen LogP contribution in [0.25, 0.3) is 0 Å². The fourth-order valence-electron chi connectivity index (χ4n) is 4.54. The first-order chi connectivity index (χ1) is 21.5. The van der Waals surface area contributed by atoms with Gasteiger partial charge in [-0.2, -0.15) is 0 Å². The molecule has 0 aromatic heterocycles. The number of carbonyl (C=O) groups excluding carboxylic acids is 2. The summed E-state index contributed by atoms with van der Waals surface area (Å²) in [5.41, 5.74) is 0.165. The van der Waals surface area contributed by atoms with Gasteiger partial charge in [0.15, 0.2) is 11.5 Å². The molecule has 0 saturated heterocycles. The zero-order valence-electron chi connectivity index (χ0n) is 26.3. The maximum atomic E-state index is 14.8. The number of sulfonamides is 1. The lowest BCUT2D eigenvalue weighted by atomic mass is 10.1. The molecule has 0 fully saturated rings. The van der Waals surface area contributed by atoms with Crippen LogP contribution in [0.2, 0.25) is 0 Å². The highest BCUT2D eigenvalue weighted by Crippen LogP contribution is 2.37. The van der Waals surface area contributed by atoms with Gasteiger partial charge < -0.3 is 29.2 Å². The van der Waals surface area contributed by atoms with Crippen molar-refractivity contribution in [3.63, 3.8) is 0 Å². The molecular formula is C32H40FN3O8S. The Balaban J connectivity index is 2.15. The highest BCUT2D eigenvalue weighted by Gasteiger charge is 2.35. The van der Waals surface area contributed by atoms with Gasteiger partial charge in [0.2, 0.25) is 11.8 Å². The van der Waals surface area contributed by atoms with Crippen molar-refractivity contribution in [1.82, 2.24) is 10.2 Å². The van der Waals surface area contributed by atoms with Gasteiger partial charge in [0.25, 0.3) is 10.0 Å². The number of benzene rings is 3.